The van der Waals surface area contributed by atoms with Crippen LogP contribution in [0, 0.1) is 13.8 Å². The molecule has 2 aliphatic rings. The number of aromatic nitrogens is 5. The van der Waals surface area contributed by atoms with Gasteiger partial charge >= 0.3 is 0 Å². The third kappa shape index (κ3) is 4.92. The number of pyridine rings is 1. The van der Waals surface area contributed by atoms with Crippen molar-refractivity contribution in [2.24, 2.45) is 0 Å². The number of nitrogens with zero attached hydrogens (tertiary/aromatic N) is 5. The van der Waals surface area contributed by atoms with Gasteiger partial charge in [-0.2, -0.15) is 0 Å². The summed E-state index contributed by atoms with van der Waals surface area (Å²) < 4.78 is 13.8. The van der Waals surface area contributed by atoms with E-state index in [1.807, 2.05) is 29.8 Å². The molecule has 0 spiro atoms. The average Bonchev–Trinajstić information content (AvgIpc) is 3.72. The van der Waals surface area contributed by atoms with Gasteiger partial charge in [0, 0.05) is 24.1 Å². The number of benzene rings is 1. The van der Waals surface area contributed by atoms with Gasteiger partial charge < -0.3 is 14.1 Å². The second-order valence-electron chi connectivity index (χ2n) is 10.9. The Bertz CT molecular complexity index is 1430. The highest BCUT2D eigenvalue weighted by Gasteiger charge is 2.35. The first-order valence-corrected chi connectivity index (χ1v) is 13.9. The van der Waals surface area contributed by atoms with Gasteiger partial charge in [0.2, 0.25) is 0 Å². The first-order chi connectivity index (χ1) is 18.6. The first kappa shape index (κ1) is 25.0. The molecular weight excluding hydrogens is 480 g/mol. The molecule has 1 aliphatic carbocycles. The van der Waals surface area contributed by atoms with E-state index < -0.39 is 6.04 Å². The summed E-state index contributed by atoms with van der Waals surface area (Å²) in [5.41, 5.74) is 3.56. The van der Waals surface area contributed by atoms with Crippen LogP contribution in [-0.4, -0.2) is 49.3 Å². The van der Waals surface area contributed by atoms with Crippen LogP contribution in [0.4, 0.5) is 0 Å². The Labute approximate surface area is 222 Å². The maximum absolute atomic E-state index is 13.9. The zero-order valence-electron chi connectivity index (χ0n) is 22.2. The summed E-state index contributed by atoms with van der Waals surface area (Å²) in [6.07, 6.45) is 9.45. The highest BCUT2D eigenvalue weighted by atomic mass is 16.5. The van der Waals surface area contributed by atoms with E-state index in [9.17, 15) is 4.79 Å². The summed E-state index contributed by atoms with van der Waals surface area (Å²) in [7, 11) is 0. The predicted molar refractivity (Wildman–Crippen MR) is 144 cm³/mol. The molecule has 1 saturated carbocycles. The molecule has 9 nitrogen and oxygen atoms in total. The van der Waals surface area contributed by atoms with Gasteiger partial charge in [0.25, 0.3) is 5.56 Å². The molecule has 0 unspecified atom stereocenters. The number of furan rings is 1. The van der Waals surface area contributed by atoms with Gasteiger partial charge in [0.05, 0.1) is 30.5 Å². The second-order valence-corrected chi connectivity index (χ2v) is 10.9. The van der Waals surface area contributed by atoms with E-state index in [1.54, 1.807) is 6.26 Å². The molecule has 200 valence electrons. The molecule has 0 bridgehead atoms. The maximum atomic E-state index is 13.9. The van der Waals surface area contributed by atoms with Crippen molar-refractivity contribution in [2.45, 2.75) is 83.5 Å². The van der Waals surface area contributed by atoms with Gasteiger partial charge in [-0.3, -0.25) is 9.69 Å². The predicted octanol–water partition coefficient (Wildman–Crippen LogP) is 5.00. The van der Waals surface area contributed by atoms with E-state index in [4.69, 9.17) is 9.15 Å². The van der Waals surface area contributed by atoms with Crippen molar-refractivity contribution in [3.05, 3.63) is 75.2 Å². The zero-order valence-corrected chi connectivity index (χ0v) is 22.2. The Hall–Kier alpha value is -3.30. The molecule has 1 aromatic carbocycles. The minimum absolute atomic E-state index is 0.0787. The number of aromatic amines is 1. The van der Waals surface area contributed by atoms with Crippen molar-refractivity contribution < 1.29 is 9.15 Å². The lowest BCUT2D eigenvalue weighted by Gasteiger charge is -2.33. The first-order valence-electron chi connectivity index (χ1n) is 13.9. The summed E-state index contributed by atoms with van der Waals surface area (Å²) in [5.74, 6) is 1.53. The zero-order chi connectivity index (χ0) is 26.1. The lowest BCUT2D eigenvalue weighted by Crippen LogP contribution is -2.39. The van der Waals surface area contributed by atoms with Gasteiger partial charge in [0.1, 0.15) is 11.8 Å². The van der Waals surface area contributed by atoms with E-state index in [0.717, 1.165) is 72.9 Å². The number of tetrazole rings is 1. The van der Waals surface area contributed by atoms with Crippen LogP contribution in [-0.2, 0) is 11.3 Å². The maximum Gasteiger partial charge on any atom is 0.253 e. The fourth-order valence-electron chi connectivity index (χ4n) is 6.17. The quantitative estimate of drug-likeness (QED) is 0.352. The lowest BCUT2D eigenvalue weighted by atomic mass is 9.94. The Balaban J connectivity index is 1.52. The van der Waals surface area contributed by atoms with E-state index >= 15 is 0 Å². The van der Waals surface area contributed by atoms with Crippen LogP contribution in [0.3, 0.4) is 0 Å². The summed E-state index contributed by atoms with van der Waals surface area (Å²) in [6, 6.07) is 9.84. The molecule has 2 fully saturated rings. The molecule has 1 N–H and O–H groups in total. The van der Waals surface area contributed by atoms with Crippen LogP contribution < -0.4 is 5.56 Å². The van der Waals surface area contributed by atoms with Gasteiger partial charge in [-0.05, 0) is 79.3 Å². The van der Waals surface area contributed by atoms with E-state index in [2.05, 4.69) is 44.5 Å². The highest BCUT2D eigenvalue weighted by molar-refractivity contribution is 5.85. The summed E-state index contributed by atoms with van der Waals surface area (Å²) >= 11 is 0. The number of ether oxygens (including phenoxy) is 1. The molecule has 2 atom stereocenters. The van der Waals surface area contributed by atoms with Crippen molar-refractivity contribution in [2.75, 3.05) is 13.2 Å². The average molecular weight is 517 g/mol. The molecule has 0 radical (unpaired) electrons. The number of fused-ring (bicyclic) bond motifs is 1. The standard InChI is InChI=1S/C29H36N6O3/c1-19-12-13-20(2)26-24(19)16-25(29(36)30-26)27(28-31-32-33-35(28)21-8-4-3-5-9-21)34(17-22-10-6-14-37-22)18-23-11-7-15-38-23/h6,10,12-14,16,21,23,27H,3-5,7-9,11,15,17-18H2,1-2H3,(H,30,36)/t23-,27-/m0/s1. The van der Waals surface area contributed by atoms with Crippen molar-refractivity contribution in [3.8, 4) is 0 Å². The van der Waals surface area contributed by atoms with E-state index in [1.165, 1.54) is 6.42 Å². The Kier molecular flexibility index (Phi) is 7.12. The van der Waals surface area contributed by atoms with Crippen LogP contribution in [0.15, 0.2) is 45.8 Å². The molecular formula is C29H36N6O3. The normalized spacial score (nSPS) is 19.5. The highest BCUT2D eigenvalue weighted by Crippen LogP contribution is 2.35. The fourth-order valence-corrected chi connectivity index (χ4v) is 6.17. The Morgan fingerprint density at radius 1 is 1.11 bits per heavy atom. The topological polar surface area (TPSA) is 102 Å². The molecule has 4 aromatic rings. The molecule has 38 heavy (non-hydrogen) atoms. The van der Waals surface area contributed by atoms with Crippen LogP contribution in [0.2, 0.25) is 0 Å². The van der Waals surface area contributed by atoms with E-state index in [0.29, 0.717) is 24.5 Å². The van der Waals surface area contributed by atoms with Crippen LogP contribution in [0.1, 0.15) is 85.3 Å². The number of hydrogen-bond donors (Lipinski definition) is 1. The summed E-state index contributed by atoms with van der Waals surface area (Å²) in [6.45, 7) is 6.03. The number of nitrogens with one attached hydrogen (secondary N) is 1. The summed E-state index contributed by atoms with van der Waals surface area (Å²) in [5, 5.41) is 14.3. The number of aryl methyl sites for hydroxylation is 2. The smallest absolute Gasteiger partial charge is 0.253 e. The molecule has 9 heteroatoms. The molecule has 1 saturated heterocycles. The third-order valence-corrected chi connectivity index (χ3v) is 8.22. The van der Waals surface area contributed by atoms with Crippen molar-refractivity contribution in [3.63, 3.8) is 0 Å². The lowest BCUT2D eigenvalue weighted by molar-refractivity contribution is 0.0539. The molecule has 3 aromatic heterocycles. The molecule has 1 aliphatic heterocycles. The van der Waals surface area contributed by atoms with Gasteiger partial charge in [-0.1, -0.05) is 31.4 Å². The van der Waals surface area contributed by atoms with Crippen LogP contribution in [0.25, 0.3) is 10.9 Å². The van der Waals surface area contributed by atoms with Crippen molar-refractivity contribution in [1.82, 2.24) is 30.1 Å². The molecule has 6 rings (SSSR count). The van der Waals surface area contributed by atoms with Gasteiger partial charge in [-0.25, -0.2) is 4.68 Å². The molecule has 0 amide bonds. The van der Waals surface area contributed by atoms with Crippen molar-refractivity contribution in [1.29, 1.82) is 0 Å². The monoisotopic (exact) mass is 516 g/mol. The minimum Gasteiger partial charge on any atom is -0.468 e. The Morgan fingerprint density at radius 2 is 1.95 bits per heavy atom. The van der Waals surface area contributed by atoms with Crippen LogP contribution in [0.5, 0.6) is 0 Å². The van der Waals surface area contributed by atoms with Gasteiger partial charge in [-0.15, -0.1) is 5.10 Å². The Morgan fingerprint density at radius 3 is 2.71 bits per heavy atom. The third-order valence-electron chi connectivity index (χ3n) is 8.22. The van der Waals surface area contributed by atoms with Crippen molar-refractivity contribution >= 4 is 10.9 Å². The fraction of sp³-hybridized carbons (Fsp3) is 0.517. The number of H-pyrrole nitrogens is 1. The van der Waals surface area contributed by atoms with E-state index in [-0.39, 0.29) is 17.7 Å². The SMILES string of the molecule is Cc1ccc(C)c2[nH]c(=O)c([C@@H](c3nnnn3C3CCCCC3)N(Cc3ccco3)C[C@@H]3CCCO3)cc12. The summed E-state index contributed by atoms with van der Waals surface area (Å²) in [4.78, 5) is 19.3. The van der Waals surface area contributed by atoms with Crippen LogP contribution >= 0.6 is 0 Å². The second kappa shape index (κ2) is 10.8. The number of rotatable bonds is 8. The largest absolute Gasteiger partial charge is 0.468 e. The minimum atomic E-state index is -0.464. The number of hydrogen-bond acceptors (Lipinski definition) is 7. The van der Waals surface area contributed by atoms with Gasteiger partial charge in [0.15, 0.2) is 5.82 Å². The molecule has 4 heterocycles.